The first-order chi connectivity index (χ1) is 8.65. The van der Waals surface area contributed by atoms with Gasteiger partial charge in [0.1, 0.15) is 11.6 Å². The Labute approximate surface area is 104 Å². The van der Waals surface area contributed by atoms with Gasteiger partial charge in [-0.3, -0.25) is 4.79 Å². The number of phenolic OH excluding ortho intramolecular Hbond substituents is 1. The summed E-state index contributed by atoms with van der Waals surface area (Å²) < 4.78 is 12.7. The first-order valence-corrected chi connectivity index (χ1v) is 5.42. The van der Waals surface area contributed by atoms with E-state index in [1.165, 1.54) is 30.3 Å². The lowest BCUT2D eigenvalue weighted by Gasteiger charge is -1.96. The SMILES string of the molecule is O=C(C=Cc1cccc(O)c1)c1ccc(F)cc1. The average Bonchev–Trinajstić information content (AvgIpc) is 2.37. The maximum Gasteiger partial charge on any atom is 0.185 e. The number of ketones is 1. The summed E-state index contributed by atoms with van der Waals surface area (Å²) in [5.74, 6) is -0.437. The van der Waals surface area contributed by atoms with Gasteiger partial charge in [0.2, 0.25) is 0 Å². The lowest BCUT2D eigenvalue weighted by atomic mass is 10.1. The smallest absolute Gasteiger partial charge is 0.185 e. The minimum atomic E-state index is -0.372. The molecular weight excluding hydrogens is 231 g/mol. The van der Waals surface area contributed by atoms with Gasteiger partial charge in [-0.1, -0.05) is 18.2 Å². The van der Waals surface area contributed by atoms with Gasteiger partial charge in [-0.05, 0) is 48.0 Å². The Morgan fingerprint density at radius 1 is 1.11 bits per heavy atom. The number of carbonyl (C=O) groups is 1. The Hall–Kier alpha value is -2.42. The fourth-order valence-electron chi connectivity index (χ4n) is 1.51. The number of rotatable bonds is 3. The van der Waals surface area contributed by atoms with E-state index in [1.54, 1.807) is 30.3 Å². The molecular formula is C15H11FO2. The first kappa shape index (κ1) is 12.0. The van der Waals surface area contributed by atoms with Gasteiger partial charge in [0, 0.05) is 5.56 Å². The van der Waals surface area contributed by atoms with Crippen LogP contribution in [-0.4, -0.2) is 10.9 Å². The highest BCUT2D eigenvalue weighted by Gasteiger charge is 2.01. The van der Waals surface area contributed by atoms with Crippen molar-refractivity contribution in [2.24, 2.45) is 0 Å². The van der Waals surface area contributed by atoms with Crippen molar-refractivity contribution in [3.63, 3.8) is 0 Å². The zero-order valence-corrected chi connectivity index (χ0v) is 9.51. The Bertz CT molecular complexity index is 586. The van der Waals surface area contributed by atoms with Crippen molar-refractivity contribution < 1.29 is 14.3 Å². The lowest BCUT2D eigenvalue weighted by molar-refractivity contribution is 0.104. The maximum atomic E-state index is 12.7. The summed E-state index contributed by atoms with van der Waals surface area (Å²) in [6.07, 6.45) is 2.99. The highest BCUT2D eigenvalue weighted by Crippen LogP contribution is 2.13. The lowest BCUT2D eigenvalue weighted by Crippen LogP contribution is -1.93. The number of carbonyl (C=O) groups excluding carboxylic acids is 1. The molecule has 0 radical (unpaired) electrons. The molecule has 3 heteroatoms. The summed E-state index contributed by atoms with van der Waals surface area (Å²) in [6.45, 7) is 0. The van der Waals surface area contributed by atoms with Crippen molar-refractivity contribution in [3.8, 4) is 5.75 Å². The molecule has 0 aliphatic carbocycles. The van der Waals surface area contributed by atoms with Crippen LogP contribution >= 0.6 is 0 Å². The van der Waals surface area contributed by atoms with Crippen molar-refractivity contribution in [1.82, 2.24) is 0 Å². The second kappa shape index (κ2) is 5.27. The zero-order chi connectivity index (χ0) is 13.0. The third-order valence-electron chi connectivity index (χ3n) is 2.43. The fraction of sp³-hybridized carbons (Fsp3) is 0. The predicted molar refractivity (Wildman–Crippen MR) is 67.9 cm³/mol. The molecule has 2 rings (SSSR count). The van der Waals surface area contributed by atoms with Crippen LogP contribution in [0.1, 0.15) is 15.9 Å². The molecule has 2 aromatic carbocycles. The summed E-state index contributed by atoms with van der Waals surface area (Å²) in [5.41, 5.74) is 1.15. The molecule has 0 fully saturated rings. The molecule has 1 N–H and O–H groups in total. The maximum absolute atomic E-state index is 12.7. The van der Waals surface area contributed by atoms with Crippen molar-refractivity contribution in [1.29, 1.82) is 0 Å². The molecule has 0 saturated heterocycles. The van der Waals surface area contributed by atoms with E-state index in [-0.39, 0.29) is 17.3 Å². The molecule has 0 spiro atoms. The van der Waals surface area contributed by atoms with Crippen molar-refractivity contribution in [2.45, 2.75) is 0 Å². The Morgan fingerprint density at radius 2 is 1.83 bits per heavy atom. The minimum Gasteiger partial charge on any atom is -0.508 e. The highest BCUT2D eigenvalue weighted by atomic mass is 19.1. The Balaban J connectivity index is 2.14. The van der Waals surface area contributed by atoms with Gasteiger partial charge in [0.05, 0.1) is 0 Å². The molecule has 0 amide bonds. The van der Waals surface area contributed by atoms with Gasteiger partial charge in [-0.15, -0.1) is 0 Å². The molecule has 0 aliphatic rings. The van der Waals surface area contributed by atoms with Crippen LogP contribution in [-0.2, 0) is 0 Å². The number of halogens is 1. The molecule has 0 atom stereocenters. The standard InChI is InChI=1S/C15H11FO2/c16-13-7-5-12(6-8-13)15(18)9-4-11-2-1-3-14(17)10-11/h1-10,17H. The Kier molecular flexibility index (Phi) is 3.53. The topological polar surface area (TPSA) is 37.3 Å². The van der Waals surface area contributed by atoms with Crippen LogP contribution in [0.25, 0.3) is 6.08 Å². The number of hydrogen-bond donors (Lipinski definition) is 1. The monoisotopic (exact) mass is 242 g/mol. The van der Waals surface area contributed by atoms with Gasteiger partial charge >= 0.3 is 0 Å². The van der Waals surface area contributed by atoms with Crippen LogP contribution in [0.5, 0.6) is 5.75 Å². The summed E-state index contributed by atoms with van der Waals surface area (Å²) in [7, 11) is 0. The largest absolute Gasteiger partial charge is 0.508 e. The average molecular weight is 242 g/mol. The second-order valence-corrected chi connectivity index (χ2v) is 3.80. The van der Waals surface area contributed by atoms with Crippen LogP contribution in [0.15, 0.2) is 54.6 Å². The Morgan fingerprint density at radius 3 is 2.50 bits per heavy atom. The van der Waals surface area contributed by atoms with Crippen molar-refractivity contribution in [2.75, 3.05) is 0 Å². The summed E-state index contributed by atoms with van der Waals surface area (Å²) in [6, 6.07) is 11.9. The molecule has 2 aromatic rings. The van der Waals surface area contributed by atoms with E-state index in [9.17, 15) is 14.3 Å². The fourth-order valence-corrected chi connectivity index (χ4v) is 1.51. The van der Waals surface area contributed by atoms with Crippen LogP contribution < -0.4 is 0 Å². The molecule has 0 bridgehead atoms. The number of allylic oxidation sites excluding steroid dienone is 1. The molecule has 0 unspecified atom stereocenters. The van der Waals surface area contributed by atoms with Gasteiger partial charge in [0.25, 0.3) is 0 Å². The van der Waals surface area contributed by atoms with Gasteiger partial charge < -0.3 is 5.11 Å². The van der Waals surface area contributed by atoms with E-state index in [0.717, 1.165) is 5.56 Å². The van der Waals surface area contributed by atoms with Crippen molar-refractivity contribution >= 4 is 11.9 Å². The molecule has 90 valence electrons. The van der Waals surface area contributed by atoms with E-state index in [1.807, 2.05) is 0 Å². The quantitative estimate of drug-likeness (QED) is 0.661. The second-order valence-electron chi connectivity index (χ2n) is 3.80. The van der Waals surface area contributed by atoms with E-state index in [0.29, 0.717) is 5.56 Å². The van der Waals surface area contributed by atoms with E-state index >= 15 is 0 Å². The number of benzene rings is 2. The molecule has 0 aliphatic heterocycles. The molecule has 0 heterocycles. The van der Waals surface area contributed by atoms with Crippen LogP contribution in [0.4, 0.5) is 4.39 Å². The van der Waals surface area contributed by atoms with E-state index in [4.69, 9.17) is 0 Å². The van der Waals surface area contributed by atoms with Gasteiger partial charge in [-0.2, -0.15) is 0 Å². The first-order valence-electron chi connectivity index (χ1n) is 5.42. The number of hydrogen-bond acceptors (Lipinski definition) is 2. The normalized spacial score (nSPS) is 10.7. The van der Waals surface area contributed by atoms with Gasteiger partial charge in [-0.25, -0.2) is 4.39 Å². The third-order valence-corrected chi connectivity index (χ3v) is 2.43. The van der Waals surface area contributed by atoms with E-state index in [2.05, 4.69) is 0 Å². The van der Waals surface area contributed by atoms with Crippen LogP contribution in [0, 0.1) is 5.82 Å². The summed E-state index contributed by atoms with van der Waals surface area (Å²) in [5, 5.41) is 9.27. The molecule has 0 saturated carbocycles. The number of phenols is 1. The number of aromatic hydroxyl groups is 1. The highest BCUT2D eigenvalue weighted by molar-refractivity contribution is 6.06. The summed E-state index contributed by atoms with van der Waals surface area (Å²) in [4.78, 5) is 11.7. The molecule has 18 heavy (non-hydrogen) atoms. The third kappa shape index (κ3) is 3.04. The molecule has 2 nitrogen and oxygen atoms in total. The zero-order valence-electron chi connectivity index (χ0n) is 9.51. The van der Waals surface area contributed by atoms with E-state index < -0.39 is 0 Å². The predicted octanol–water partition coefficient (Wildman–Crippen LogP) is 3.43. The minimum absolute atomic E-state index is 0.145. The molecule has 0 aromatic heterocycles. The summed E-state index contributed by atoms with van der Waals surface area (Å²) >= 11 is 0. The van der Waals surface area contributed by atoms with Crippen molar-refractivity contribution in [3.05, 3.63) is 71.6 Å². The van der Waals surface area contributed by atoms with Crippen LogP contribution in [0.3, 0.4) is 0 Å². The van der Waals surface area contributed by atoms with Gasteiger partial charge in [0.15, 0.2) is 5.78 Å². The van der Waals surface area contributed by atoms with Crippen LogP contribution in [0.2, 0.25) is 0 Å².